The lowest BCUT2D eigenvalue weighted by molar-refractivity contribution is 0.0761. The second kappa shape index (κ2) is 8.99. The van der Waals surface area contributed by atoms with Crippen LogP contribution >= 0.6 is 12.4 Å². The van der Waals surface area contributed by atoms with Crippen LogP contribution in [0.3, 0.4) is 0 Å². The Hall–Kier alpha value is -1.89. The summed E-state index contributed by atoms with van der Waals surface area (Å²) in [6.45, 7) is 4.85. The van der Waals surface area contributed by atoms with Gasteiger partial charge in [0.1, 0.15) is 0 Å². The number of hydrogen-bond donors (Lipinski definition) is 1. The molecule has 25 heavy (non-hydrogen) atoms. The molecule has 0 unspecified atom stereocenters. The Kier molecular flexibility index (Phi) is 6.99. The van der Waals surface area contributed by atoms with Crippen LogP contribution in [0.4, 0.5) is 0 Å². The van der Waals surface area contributed by atoms with Gasteiger partial charge in [-0.25, -0.2) is 0 Å². The Labute approximate surface area is 155 Å². The molecule has 6 nitrogen and oxygen atoms in total. The third kappa shape index (κ3) is 5.04. The minimum atomic E-state index is 0. The van der Waals surface area contributed by atoms with E-state index in [-0.39, 0.29) is 18.3 Å². The summed E-state index contributed by atoms with van der Waals surface area (Å²) in [5.41, 5.74) is 8.62. The molecule has 0 radical (unpaired) electrons. The molecule has 136 valence electrons. The minimum absolute atomic E-state index is 0. The highest BCUT2D eigenvalue weighted by Gasteiger charge is 2.20. The van der Waals surface area contributed by atoms with Crippen LogP contribution in [-0.2, 0) is 20.1 Å². The summed E-state index contributed by atoms with van der Waals surface area (Å²) in [5, 5.41) is 4.22. The molecule has 0 spiro atoms. The van der Waals surface area contributed by atoms with Crippen molar-refractivity contribution in [3.63, 3.8) is 0 Å². The monoisotopic (exact) mass is 363 g/mol. The Morgan fingerprint density at radius 1 is 1.12 bits per heavy atom. The number of carbonyl (C=O) groups excluding carboxylic acids is 1. The summed E-state index contributed by atoms with van der Waals surface area (Å²) in [6, 6.07) is 7.62. The maximum Gasteiger partial charge on any atom is 0.253 e. The van der Waals surface area contributed by atoms with Crippen molar-refractivity contribution in [3.05, 3.63) is 53.3 Å². The van der Waals surface area contributed by atoms with Crippen LogP contribution in [0, 0.1) is 0 Å². The lowest BCUT2D eigenvalue weighted by atomic mass is 10.1. The zero-order valence-electron chi connectivity index (χ0n) is 14.6. The topological polar surface area (TPSA) is 67.4 Å². The highest BCUT2D eigenvalue weighted by molar-refractivity contribution is 5.94. The van der Waals surface area contributed by atoms with Gasteiger partial charge in [0, 0.05) is 63.6 Å². The predicted molar refractivity (Wildman–Crippen MR) is 101 cm³/mol. The number of aryl methyl sites for hydroxylation is 1. The van der Waals surface area contributed by atoms with Gasteiger partial charge in [0.2, 0.25) is 0 Å². The zero-order chi connectivity index (χ0) is 16.9. The van der Waals surface area contributed by atoms with E-state index in [2.05, 4.69) is 10.00 Å². The summed E-state index contributed by atoms with van der Waals surface area (Å²) in [7, 11) is 1.93. The highest BCUT2D eigenvalue weighted by atomic mass is 35.5. The number of benzene rings is 1. The van der Waals surface area contributed by atoms with Crippen LogP contribution in [0.15, 0.2) is 36.7 Å². The molecule has 0 atom stereocenters. The lowest BCUT2D eigenvalue weighted by Gasteiger charge is -2.22. The minimum Gasteiger partial charge on any atom is -0.337 e. The fourth-order valence-electron chi connectivity index (χ4n) is 3.11. The molecule has 7 heteroatoms. The molecule has 2 aromatic rings. The summed E-state index contributed by atoms with van der Waals surface area (Å²) in [4.78, 5) is 17.0. The molecule has 1 aliphatic rings. The normalized spacial score (nSPS) is 15.5. The Bertz CT molecular complexity index is 685. The molecule has 1 saturated heterocycles. The maximum absolute atomic E-state index is 12.7. The first kappa shape index (κ1) is 19.4. The molecule has 1 amide bonds. The van der Waals surface area contributed by atoms with Crippen LogP contribution in [0.5, 0.6) is 0 Å². The van der Waals surface area contributed by atoms with Crippen molar-refractivity contribution in [1.29, 1.82) is 0 Å². The summed E-state index contributed by atoms with van der Waals surface area (Å²) in [6.07, 6.45) is 4.95. The fourth-order valence-corrected chi connectivity index (χ4v) is 3.11. The fraction of sp³-hybridized carbons (Fsp3) is 0.444. The van der Waals surface area contributed by atoms with E-state index in [9.17, 15) is 4.79 Å². The van der Waals surface area contributed by atoms with Crippen LogP contribution < -0.4 is 5.73 Å². The molecule has 1 fully saturated rings. The van der Waals surface area contributed by atoms with Gasteiger partial charge in [0.25, 0.3) is 5.91 Å². The number of nitrogens with two attached hydrogens (primary N) is 1. The van der Waals surface area contributed by atoms with Gasteiger partial charge in [-0.15, -0.1) is 12.4 Å². The van der Waals surface area contributed by atoms with Gasteiger partial charge in [0.05, 0.1) is 6.20 Å². The van der Waals surface area contributed by atoms with Crippen molar-refractivity contribution in [2.75, 3.05) is 26.2 Å². The van der Waals surface area contributed by atoms with E-state index in [0.717, 1.165) is 50.3 Å². The van der Waals surface area contributed by atoms with Gasteiger partial charge in [0.15, 0.2) is 0 Å². The van der Waals surface area contributed by atoms with Crippen molar-refractivity contribution in [2.45, 2.75) is 19.5 Å². The molecular weight excluding hydrogens is 338 g/mol. The lowest BCUT2D eigenvalue weighted by Crippen LogP contribution is -2.35. The summed E-state index contributed by atoms with van der Waals surface area (Å²) in [5.74, 6) is 0.113. The molecule has 3 rings (SSSR count). The summed E-state index contributed by atoms with van der Waals surface area (Å²) >= 11 is 0. The van der Waals surface area contributed by atoms with E-state index in [1.165, 1.54) is 5.56 Å². The second-order valence-corrected chi connectivity index (χ2v) is 6.35. The van der Waals surface area contributed by atoms with Crippen molar-refractivity contribution in [2.24, 2.45) is 12.8 Å². The Morgan fingerprint density at radius 3 is 2.52 bits per heavy atom. The largest absolute Gasteiger partial charge is 0.337 e. The third-order valence-corrected chi connectivity index (χ3v) is 4.48. The zero-order valence-corrected chi connectivity index (χ0v) is 15.4. The summed E-state index contributed by atoms with van der Waals surface area (Å²) < 4.78 is 1.83. The highest BCUT2D eigenvalue weighted by Crippen LogP contribution is 2.12. The number of rotatable bonds is 4. The second-order valence-electron chi connectivity index (χ2n) is 6.35. The van der Waals surface area contributed by atoms with Crippen LogP contribution in [-0.4, -0.2) is 51.7 Å². The predicted octanol–water partition coefficient (Wildman–Crippen LogP) is 1.65. The molecule has 0 saturated carbocycles. The van der Waals surface area contributed by atoms with E-state index in [0.29, 0.717) is 6.54 Å². The van der Waals surface area contributed by atoms with Crippen molar-refractivity contribution >= 4 is 18.3 Å². The van der Waals surface area contributed by atoms with Crippen LogP contribution in [0.2, 0.25) is 0 Å². The average molecular weight is 364 g/mol. The maximum atomic E-state index is 12.7. The standard InChI is InChI=1S/C18H25N5O.ClH/c1-21-13-16(12-20-21)14-22-7-2-8-23(10-9-22)18(24)17-5-3-15(11-19)4-6-17;/h3-6,12-13H,2,7-11,14,19H2,1H3;1H. The Balaban J connectivity index is 0.00000225. The van der Waals surface area contributed by atoms with Crippen LogP contribution in [0.25, 0.3) is 0 Å². The number of aromatic nitrogens is 2. The van der Waals surface area contributed by atoms with E-state index < -0.39 is 0 Å². The van der Waals surface area contributed by atoms with E-state index >= 15 is 0 Å². The molecule has 0 aliphatic carbocycles. The van der Waals surface area contributed by atoms with Crippen molar-refractivity contribution < 1.29 is 4.79 Å². The quantitative estimate of drug-likeness (QED) is 0.896. The van der Waals surface area contributed by atoms with Crippen molar-refractivity contribution in [1.82, 2.24) is 19.6 Å². The van der Waals surface area contributed by atoms with Gasteiger partial charge >= 0.3 is 0 Å². The first-order valence-corrected chi connectivity index (χ1v) is 8.44. The van der Waals surface area contributed by atoms with Gasteiger partial charge in [-0.2, -0.15) is 5.10 Å². The van der Waals surface area contributed by atoms with Gasteiger partial charge < -0.3 is 10.6 Å². The molecule has 0 bridgehead atoms. The van der Waals surface area contributed by atoms with Gasteiger partial charge in [-0.05, 0) is 24.1 Å². The van der Waals surface area contributed by atoms with Gasteiger partial charge in [-0.3, -0.25) is 14.4 Å². The number of nitrogens with zero attached hydrogens (tertiary/aromatic N) is 4. The number of carbonyl (C=O) groups is 1. The first-order chi connectivity index (χ1) is 11.7. The van der Waals surface area contributed by atoms with E-state index in [1.54, 1.807) is 0 Å². The molecule has 1 aromatic carbocycles. The smallest absolute Gasteiger partial charge is 0.253 e. The molecule has 1 aromatic heterocycles. The SMILES string of the molecule is Cl.Cn1cc(CN2CCCN(C(=O)c3ccc(CN)cc3)CC2)cn1. The van der Waals surface area contributed by atoms with Crippen LogP contribution in [0.1, 0.15) is 27.9 Å². The number of hydrogen-bond acceptors (Lipinski definition) is 4. The average Bonchev–Trinajstić information content (AvgIpc) is 2.87. The molecule has 2 N–H and O–H groups in total. The van der Waals surface area contributed by atoms with E-state index in [4.69, 9.17) is 5.73 Å². The Morgan fingerprint density at radius 2 is 1.88 bits per heavy atom. The van der Waals surface area contributed by atoms with E-state index in [1.807, 2.05) is 53.3 Å². The number of amides is 1. The molecular formula is C18H26ClN5O. The van der Waals surface area contributed by atoms with Crippen molar-refractivity contribution in [3.8, 4) is 0 Å². The third-order valence-electron chi connectivity index (χ3n) is 4.48. The molecule has 1 aliphatic heterocycles. The molecule has 2 heterocycles. The number of halogens is 1. The first-order valence-electron chi connectivity index (χ1n) is 8.44. The van der Waals surface area contributed by atoms with Gasteiger partial charge in [-0.1, -0.05) is 12.1 Å².